The van der Waals surface area contributed by atoms with Gasteiger partial charge in [-0.3, -0.25) is 0 Å². The Balaban J connectivity index is 2.18. The maximum atomic E-state index is 14.4. The van der Waals surface area contributed by atoms with Crippen molar-refractivity contribution in [3.63, 3.8) is 0 Å². The molecule has 1 aliphatic heterocycles. The molecule has 0 bridgehead atoms. The van der Waals surface area contributed by atoms with Crippen LogP contribution >= 0.6 is 15.9 Å². The number of benzene rings is 1. The lowest BCUT2D eigenvalue weighted by atomic mass is 9.78. The topological polar surface area (TPSA) is 29.3 Å². The fraction of sp³-hybridized carbons (Fsp3) is 0.600. The van der Waals surface area contributed by atoms with Crippen LogP contribution < -0.4 is 10.6 Å². The molecule has 0 saturated carbocycles. The summed E-state index contributed by atoms with van der Waals surface area (Å²) >= 11 is 3.31. The Morgan fingerprint density at radius 3 is 2.53 bits per heavy atom. The van der Waals surface area contributed by atoms with E-state index in [4.69, 9.17) is 5.73 Å². The lowest BCUT2D eigenvalue weighted by molar-refractivity contribution is 0.237. The summed E-state index contributed by atoms with van der Waals surface area (Å²) < 4.78 is 14.9. The molecule has 0 amide bonds. The van der Waals surface area contributed by atoms with Crippen LogP contribution in [-0.2, 0) is 6.54 Å². The summed E-state index contributed by atoms with van der Waals surface area (Å²) in [7, 11) is 0. The predicted molar refractivity (Wildman–Crippen MR) is 81.8 cm³/mol. The molecule has 2 nitrogen and oxygen atoms in total. The minimum atomic E-state index is -0.178. The van der Waals surface area contributed by atoms with E-state index in [9.17, 15) is 4.39 Å². The number of hydrogen-bond donors (Lipinski definition) is 1. The fourth-order valence-electron chi connectivity index (χ4n) is 2.62. The largest absolute Gasteiger partial charge is 0.369 e. The van der Waals surface area contributed by atoms with E-state index >= 15 is 0 Å². The van der Waals surface area contributed by atoms with Crippen LogP contribution in [0.1, 0.15) is 38.7 Å². The molecular weight excluding hydrogens is 307 g/mol. The average molecular weight is 329 g/mol. The van der Waals surface area contributed by atoms with Crippen LogP contribution in [0.5, 0.6) is 0 Å². The van der Waals surface area contributed by atoms with Crippen LogP contribution in [-0.4, -0.2) is 13.1 Å². The molecule has 0 unspecified atom stereocenters. The molecule has 1 aromatic carbocycles. The zero-order valence-electron chi connectivity index (χ0n) is 11.7. The van der Waals surface area contributed by atoms with E-state index in [0.717, 1.165) is 31.5 Å². The van der Waals surface area contributed by atoms with Crippen LogP contribution in [0.2, 0.25) is 0 Å². The Labute approximate surface area is 123 Å². The van der Waals surface area contributed by atoms with Crippen molar-refractivity contribution in [3.05, 3.63) is 28.0 Å². The molecule has 0 spiro atoms. The number of halogens is 2. The Bertz CT molecular complexity index is 454. The average Bonchev–Trinajstić information content (AvgIpc) is 2.43. The molecule has 2 N–H and O–H groups in total. The molecule has 0 atom stereocenters. The van der Waals surface area contributed by atoms with E-state index in [1.807, 2.05) is 12.1 Å². The highest BCUT2D eigenvalue weighted by Crippen LogP contribution is 2.37. The molecule has 2 rings (SSSR count). The summed E-state index contributed by atoms with van der Waals surface area (Å²) in [5.41, 5.74) is 7.52. The molecule has 1 heterocycles. The molecule has 1 fully saturated rings. The van der Waals surface area contributed by atoms with E-state index in [-0.39, 0.29) is 5.82 Å². The van der Waals surface area contributed by atoms with E-state index in [0.29, 0.717) is 22.1 Å². The Kier molecular flexibility index (Phi) is 4.51. The maximum Gasteiger partial charge on any atom is 0.160 e. The second kappa shape index (κ2) is 5.80. The number of piperidine rings is 1. The van der Waals surface area contributed by atoms with Crippen molar-refractivity contribution >= 4 is 21.6 Å². The van der Waals surface area contributed by atoms with Crippen LogP contribution in [0, 0.1) is 11.2 Å². The Morgan fingerprint density at radius 2 is 2.00 bits per heavy atom. The first-order chi connectivity index (χ1) is 9.00. The van der Waals surface area contributed by atoms with Gasteiger partial charge in [0, 0.05) is 19.6 Å². The first kappa shape index (κ1) is 14.8. The minimum absolute atomic E-state index is 0.178. The third kappa shape index (κ3) is 2.95. The number of nitrogens with two attached hydrogens (primary N) is 1. The smallest absolute Gasteiger partial charge is 0.160 e. The van der Waals surface area contributed by atoms with Crippen LogP contribution in [0.15, 0.2) is 16.6 Å². The first-order valence-corrected chi connectivity index (χ1v) is 7.72. The second-order valence-corrected chi connectivity index (χ2v) is 6.52. The second-order valence-electron chi connectivity index (χ2n) is 5.73. The van der Waals surface area contributed by atoms with Crippen molar-refractivity contribution in [1.29, 1.82) is 0 Å². The van der Waals surface area contributed by atoms with E-state index in [2.05, 4.69) is 34.7 Å². The zero-order chi connectivity index (χ0) is 14.0. The van der Waals surface area contributed by atoms with Gasteiger partial charge in [-0.15, -0.1) is 0 Å². The monoisotopic (exact) mass is 328 g/mol. The van der Waals surface area contributed by atoms with Gasteiger partial charge in [-0.2, -0.15) is 0 Å². The number of nitrogens with zero attached hydrogens (tertiary/aromatic N) is 1. The quantitative estimate of drug-likeness (QED) is 0.906. The van der Waals surface area contributed by atoms with E-state index in [1.54, 1.807) is 0 Å². The maximum absolute atomic E-state index is 14.4. The van der Waals surface area contributed by atoms with Crippen LogP contribution in [0.4, 0.5) is 10.1 Å². The molecular formula is C15H22BrFN2. The predicted octanol–water partition coefficient (Wildman–Crippen LogP) is 4.06. The van der Waals surface area contributed by atoms with Crippen molar-refractivity contribution in [1.82, 2.24) is 0 Å². The van der Waals surface area contributed by atoms with Crippen LogP contribution in [0.25, 0.3) is 0 Å². The number of rotatable bonds is 3. The molecule has 19 heavy (non-hydrogen) atoms. The summed E-state index contributed by atoms with van der Waals surface area (Å²) in [6.45, 7) is 6.77. The third-order valence-electron chi connectivity index (χ3n) is 4.53. The summed E-state index contributed by atoms with van der Waals surface area (Å²) in [6, 6.07) is 3.77. The van der Waals surface area contributed by atoms with Crippen molar-refractivity contribution in [3.8, 4) is 0 Å². The van der Waals surface area contributed by atoms with Crippen LogP contribution in [0.3, 0.4) is 0 Å². The van der Waals surface area contributed by atoms with Gasteiger partial charge in [-0.25, -0.2) is 4.39 Å². The lowest BCUT2D eigenvalue weighted by Gasteiger charge is -2.40. The zero-order valence-corrected chi connectivity index (χ0v) is 13.3. The molecule has 4 heteroatoms. The van der Waals surface area contributed by atoms with Gasteiger partial charge in [-0.1, -0.05) is 26.3 Å². The van der Waals surface area contributed by atoms with Gasteiger partial charge >= 0.3 is 0 Å². The van der Waals surface area contributed by atoms with Gasteiger partial charge in [0.2, 0.25) is 0 Å². The van der Waals surface area contributed by atoms with Crippen molar-refractivity contribution in [2.45, 2.75) is 39.7 Å². The SMILES string of the molecule is CCC1(C)CCN(c2ccc(CN)c(Br)c2F)CC1. The van der Waals surface area contributed by atoms with E-state index in [1.165, 1.54) is 6.42 Å². The molecule has 0 aromatic heterocycles. The lowest BCUT2D eigenvalue weighted by Crippen LogP contribution is -2.38. The highest BCUT2D eigenvalue weighted by atomic mass is 79.9. The molecule has 1 saturated heterocycles. The summed E-state index contributed by atoms with van der Waals surface area (Å²) in [5, 5.41) is 0. The van der Waals surface area contributed by atoms with Crippen molar-refractivity contribution in [2.24, 2.45) is 11.1 Å². The van der Waals surface area contributed by atoms with Gasteiger partial charge < -0.3 is 10.6 Å². The van der Waals surface area contributed by atoms with E-state index < -0.39 is 0 Å². The standard InChI is InChI=1S/C15H22BrFN2/c1-3-15(2)6-8-19(9-7-15)12-5-4-11(10-18)13(16)14(12)17/h4-5H,3,6-10,18H2,1-2H3. The van der Waals surface area contributed by atoms with Gasteiger partial charge in [0.15, 0.2) is 5.82 Å². The fourth-order valence-corrected chi connectivity index (χ4v) is 3.12. The Hall–Kier alpha value is -0.610. The summed E-state index contributed by atoms with van der Waals surface area (Å²) in [6.07, 6.45) is 3.44. The summed E-state index contributed by atoms with van der Waals surface area (Å²) in [4.78, 5) is 2.15. The van der Waals surface area contributed by atoms with Gasteiger partial charge in [0.1, 0.15) is 0 Å². The molecule has 1 aromatic rings. The van der Waals surface area contributed by atoms with Crippen molar-refractivity contribution in [2.75, 3.05) is 18.0 Å². The van der Waals surface area contributed by atoms with Gasteiger partial charge in [0.05, 0.1) is 10.2 Å². The first-order valence-electron chi connectivity index (χ1n) is 6.92. The summed E-state index contributed by atoms with van der Waals surface area (Å²) in [5.74, 6) is -0.178. The molecule has 1 aliphatic rings. The highest BCUT2D eigenvalue weighted by molar-refractivity contribution is 9.10. The van der Waals surface area contributed by atoms with Crippen molar-refractivity contribution < 1.29 is 4.39 Å². The highest BCUT2D eigenvalue weighted by Gasteiger charge is 2.29. The number of anilines is 1. The molecule has 0 aliphatic carbocycles. The molecule has 0 radical (unpaired) electrons. The Morgan fingerprint density at radius 1 is 1.37 bits per heavy atom. The number of hydrogen-bond acceptors (Lipinski definition) is 2. The normalized spacial score (nSPS) is 18.7. The van der Waals surface area contributed by atoms with Gasteiger partial charge in [-0.05, 0) is 45.8 Å². The minimum Gasteiger partial charge on any atom is -0.369 e. The molecule has 106 valence electrons. The van der Waals surface area contributed by atoms with Gasteiger partial charge in [0.25, 0.3) is 0 Å². The third-order valence-corrected chi connectivity index (χ3v) is 5.38.